The molecule has 0 saturated carbocycles. The molecule has 1 aromatic heterocycles. The van der Waals surface area contributed by atoms with E-state index in [-0.39, 0.29) is 12.0 Å². The van der Waals surface area contributed by atoms with Crippen LogP contribution in [0, 0.1) is 12.8 Å². The summed E-state index contributed by atoms with van der Waals surface area (Å²) >= 11 is 0. The molecular formula is C20H26N4O2. The van der Waals surface area contributed by atoms with E-state index in [1.165, 1.54) is 11.1 Å². The zero-order chi connectivity index (χ0) is 18.1. The van der Waals surface area contributed by atoms with Gasteiger partial charge in [0.2, 0.25) is 11.8 Å². The summed E-state index contributed by atoms with van der Waals surface area (Å²) in [5, 5.41) is 3.88. The number of fused-ring (bicyclic) bond motifs is 1. The van der Waals surface area contributed by atoms with E-state index in [4.69, 9.17) is 4.52 Å². The summed E-state index contributed by atoms with van der Waals surface area (Å²) in [6.07, 6.45) is 2.76. The van der Waals surface area contributed by atoms with E-state index in [9.17, 15) is 4.79 Å². The largest absolute Gasteiger partial charge is 0.338 e. The Labute approximate surface area is 154 Å². The summed E-state index contributed by atoms with van der Waals surface area (Å²) < 4.78 is 5.30. The van der Waals surface area contributed by atoms with Crippen LogP contribution < -0.4 is 0 Å². The lowest BCUT2D eigenvalue weighted by atomic mass is 9.92. The van der Waals surface area contributed by atoms with Crippen molar-refractivity contribution >= 4 is 5.91 Å². The fraction of sp³-hybridized carbons (Fsp3) is 0.550. The minimum atomic E-state index is 0.106. The number of nitrogens with zero attached hydrogens (tertiary/aromatic N) is 4. The number of piperidine rings is 1. The molecule has 2 aromatic rings. The summed E-state index contributed by atoms with van der Waals surface area (Å²) in [4.78, 5) is 21.7. The molecule has 1 fully saturated rings. The van der Waals surface area contributed by atoms with E-state index < -0.39 is 0 Å². The Kier molecular flexibility index (Phi) is 4.76. The molecule has 2 aliphatic rings. The topological polar surface area (TPSA) is 62.5 Å². The number of carbonyl (C=O) groups is 1. The van der Waals surface area contributed by atoms with E-state index in [0.717, 1.165) is 45.4 Å². The van der Waals surface area contributed by atoms with Gasteiger partial charge in [0.15, 0.2) is 5.82 Å². The summed E-state index contributed by atoms with van der Waals surface area (Å²) in [7, 11) is 0. The second-order valence-corrected chi connectivity index (χ2v) is 7.44. The highest BCUT2D eigenvalue weighted by Gasteiger charge is 2.32. The van der Waals surface area contributed by atoms with Gasteiger partial charge in [-0.25, -0.2) is 0 Å². The maximum absolute atomic E-state index is 13.0. The molecule has 6 heteroatoms. The molecule has 1 amide bonds. The van der Waals surface area contributed by atoms with Crippen LogP contribution >= 0.6 is 0 Å². The number of aryl methyl sites for hydroxylation is 1. The van der Waals surface area contributed by atoms with Crippen molar-refractivity contribution in [3.63, 3.8) is 0 Å². The van der Waals surface area contributed by atoms with E-state index in [0.29, 0.717) is 17.6 Å². The van der Waals surface area contributed by atoms with Crippen molar-refractivity contribution in [1.82, 2.24) is 19.9 Å². The van der Waals surface area contributed by atoms with Crippen LogP contribution in [0.5, 0.6) is 0 Å². The van der Waals surface area contributed by atoms with E-state index in [2.05, 4.69) is 46.2 Å². The van der Waals surface area contributed by atoms with Gasteiger partial charge >= 0.3 is 0 Å². The number of benzene rings is 1. The van der Waals surface area contributed by atoms with Crippen LogP contribution in [0.15, 0.2) is 28.8 Å². The number of carbonyl (C=O) groups excluding carboxylic acids is 1. The monoisotopic (exact) mass is 354 g/mol. The molecule has 1 aromatic carbocycles. The van der Waals surface area contributed by atoms with Gasteiger partial charge in [0, 0.05) is 19.0 Å². The first-order valence-corrected chi connectivity index (χ1v) is 9.51. The highest BCUT2D eigenvalue weighted by molar-refractivity contribution is 5.79. The molecule has 4 rings (SSSR count). The summed E-state index contributed by atoms with van der Waals surface area (Å²) in [6, 6.07) is 8.57. The molecule has 1 unspecified atom stereocenters. The molecular weight excluding hydrogens is 328 g/mol. The molecule has 1 atom stereocenters. The van der Waals surface area contributed by atoms with E-state index in [1.807, 2.05) is 11.8 Å². The van der Waals surface area contributed by atoms with E-state index in [1.54, 1.807) is 0 Å². The number of aromatic nitrogens is 2. The van der Waals surface area contributed by atoms with Crippen LogP contribution in [-0.4, -0.2) is 45.5 Å². The smallest absolute Gasteiger partial charge is 0.243 e. The highest BCUT2D eigenvalue weighted by Crippen LogP contribution is 2.28. The van der Waals surface area contributed by atoms with Crippen LogP contribution in [0.25, 0.3) is 0 Å². The van der Waals surface area contributed by atoms with Crippen LogP contribution in [0.4, 0.5) is 0 Å². The Morgan fingerprint density at radius 2 is 1.92 bits per heavy atom. The number of hydrogen-bond acceptors (Lipinski definition) is 5. The zero-order valence-electron chi connectivity index (χ0n) is 15.5. The van der Waals surface area contributed by atoms with Crippen molar-refractivity contribution in [2.45, 2.75) is 45.7 Å². The first kappa shape index (κ1) is 17.2. The Hall–Kier alpha value is -2.21. The SMILES string of the molecule is Cc1noc(C(C)N2CCC(C(=O)N3CCc4ccccc4C3)CC2)n1. The standard InChI is InChI=1S/C20H26N4O2/c1-14(19-21-15(2)22-26-19)23-10-8-17(9-11-23)20(25)24-12-7-16-5-3-4-6-18(16)13-24/h3-6,14,17H,7-13H2,1-2H3. The predicted octanol–water partition coefficient (Wildman–Crippen LogP) is 2.74. The normalized spacial score (nSPS) is 20.0. The molecule has 0 N–H and O–H groups in total. The van der Waals surface area contributed by atoms with Gasteiger partial charge in [0.25, 0.3) is 0 Å². The number of likely N-dealkylation sites (tertiary alicyclic amines) is 1. The maximum atomic E-state index is 13.0. The second kappa shape index (κ2) is 7.19. The summed E-state index contributed by atoms with van der Waals surface area (Å²) in [5.74, 6) is 1.79. The van der Waals surface area contributed by atoms with Crippen molar-refractivity contribution < 1.29 is 9.32 Å². The number of hydrogen-bond donors (Lipinski definition) is 0. The third-order valence-corrected chi connectivity index (χ3v) is 5.77. The Morgan fingerprint density at radius 3 is 2.62 bits per heavy atom. The molecule has 1 saturated heterocycles. The highest BCUT2D eigenvalue weighted by atomic mass is 16.5. The minimum Gasteiger partial charge on any atom is -0.338 e. The van der Waals surface area contributed by atoms with Crippen molar-refractivity contribution in [3.05, 3.63) is 47.1 Å². The van der Waals surface area contributed by atoms with E-state index >= 15 is 0 Å². The number of rotatable bonds is 3. The molecule has 0 aliphatic carbocycles. The lowest BCUT2D eigenvalue weighted by molar-refractivity contribution is -0.138. The molecule has 0 radical (unpaired) electrons. The average Bonchev–Trinajstić information content (AvgIpc) is 3.13. The molecule has 0 spiro atoms. The lowest BCUT2D eigenvalue weighted by Crippen LogP contribution is -2.44. The molecule has 0 bridgehead atoms. The van der Waals surface area contributed by atoms with Gasteiger partial charge in [0.1, 0.15) is 0 Å². The first-order valence-electron chi connectivity index (χ1n) is 9.51. The van der Waals surface area contributed by atoms with Gasteiger partial charge in [0.05, 0.1) is 6.04 Å². The summed E-state index contributed by atoms with van der Waals surface area (Å²) in [6.45, 7) is 7.31. The molecule has 138 valence electrons. The van der Waals surface area contributed by atoms with Gasteiger partial charge in [-0.3, -0.25) is 9.69 Å². The van der Waals surface area contributed by atoms with Crippen LogP contribution in [0.3, 0.4) is 0 Å². The Balaban J connectivity index is 1.34. The van der Waals surface area contributed by atoms with Crippen LogP contribution in [0.2, 0.25) is 0 Å². The Morgan fingerprint density at radius 1 is 1.19 bits per heavy atom. The number of amides is 1. The van der Waals surface area contributed by atoms with Crippen LogP contribution in [-0.2, 0) is 17.8 Å². The molecule has 6 nitrogen and oxygen atoms in total. The van der Waals surface area contributed by atoms with Crippen LogP contribution in [0.1, 0.15) is 48.6 Å². The maximum Gasteiger partial charge on any atom is 0.243 e. The Bertz CT molecular complexity index is 780. The average molecular weight is 354 g/mol. The zero-order valence-corrected chi connectivity index (χ0v) is 15.5. The quantitative estimate of drug-likeness (QED) is 0.848. The lowest BCUT2D eigenvalue weighted by Gasteiger charge is -2.37. The fourth-order valence-corrected chi connectivity index (χ4v) is 4.11. The third kappa shape index (κ3) is 3.38. The predicted molar refractivity (Wildman–Crippen MR) is 97.3 cm³/mol. The minimum absolute atomic E-state index is 0.106. The molecule has 26 heavy (non-hydrogen) atoms. The first-order chi connectivity index (χ1) is 12.6. The third-order valence-electron chi connectivity index (χ3n) is 5.77. The second-order valence-electron chi connectivity index (χ2n) is 7.44. The van der Waals surface area contributed by atoms with Gasteiger partial charge < -0.3 is 9.42 Å². The molecule has 3 heterocycles. The van der Waals surface area contributed by atoms with Gasteiger partial charge in [-0.2, -0.15) is 4.98 Å². The molecule has 2 aliphatic heterocycles. The van der Waals surface area contributed by atoms with Gasteiger partial charge in [-0.1, -0.05) is 29.4 Å². The van der Waals surface area contributed by atoms with Crippen molar-refractivity contribution in [2.75, 3.05) is 19.6 Å². The fourth-order valence-electron chi connectivity index (χ4n) is 4.11. The summed E-state index contributed by atoms with van der Waals surface area (Å²) in [5.41, 5.74) is 2.68. The van der Waals surface area contributed by atoms with Gasteiger partial charge in [-0.15, -0.1) is 0 Å². The van der Waals surface area contributed by atoms with Crippen molar-refractivity contribution in [1.29, 1.82) is 0 Å². The van der Waals surface area contributed by atoms with Crippen molar-refractivity contribution in [3.8, 4) is 0 Å². The van der Waals surface area contributed by atoms with Crippen molar-refractivity contribution in [2.24, 2.45) is 5.92 Å². The van der Waals surface area contributed by atoms with Gasteiger partial charge in [-0.05, 0) is 57.3 Å².